The third-order valence-electron chi connectivity index (χ3n) is 7.93. The van der Waals surface area contributed by atoms with Crippen molar-refractivity contribution in [2.24, 2.45) is 11.8 Å². The van der Waals surface area contributed by atoms with Gasteiger partial charge in [0.1, 0.15) is 17.7 Å². The van der Waals surface area contributed by atoms with Gasteiger partial charge in [0.15, 0.2) is 0 Å². The molecule has 1 aromatic heterocycles. The van der Waals surface area contributed by atoms with Gasteiger partial charge in [-0.3, -0.25) is 9.78 Å². The van der Waals surface area contributed by atoms with Gasteiger partial charge in [0.05, 0.1) is 19.7 Å². The Kier molecular flexibility index (Phi) is 9.93. The molecule has 1 aliphatic heterocycles. The molecule has 0 aliphatic carbocycles. The topological polar surface area (TPSA) is 71.9 Å². The van der Waals surface area contributed by atoms with Crippen LogP contribution < -0.4 is 9.47 Å². The first-order valence-corrected chi connectivity index (χ1v) is 13.6. The van der Waals surface area contributed by atoms with E-state index in [-0.39, 0.29) is 12.3 Å². The number of nitrogens with zero attached hydrogens (tertiary/aromatic N) is 2. The minimum atomic E-state index is -1.10. The molecule has 0 saturated carbocycles. The number of rotatable bonds is 13. The molecule has 2 unspecified atom stereocenters. The van der Waals surface area contributed by atoms with Gasteiger partial charge in [0.2, 0.25) is 0 Å². The van der Waals surface area contributed by atoms with Crippen LogP contribution in [-0.2, 0) is 11.2 Å². The van der Waals surface area contributed by atoms with Gasteiger partial charge in [0.25, 0.3) is 0 Å². The number of aromatic nitrogens is 1. The molecule has 0 radical (unpaired) electrons. The van der Waals surface area contributed by atoms with Crippen LogP contribution in [0.2, 0.25) is 0 Å². The number of piperidine rings is 1. The van der Waals surface area contributed by atoms with E-state index in [1.54, 1.807) is 26.5 Å². The largest absolute Gasteiger partial charge is 0.497 e. The molecule has 1 N–H and O–H groups in total. The lowest BCUT2D eigenvalue weighted by molar-refractivity contribution is -0.137. The fourth-order valence-electron chi connectivity index (χ4n) is 5.84. The summed E-state index contributed by atoms with van der Waals surface area (Å²) in [7, 11) is 3.30. The number of aliphatic carboxylic acids is 1. The van der Waals surface area contributed by atoms with Crippen molar-refractivity contribution in [3.8, 4) is 11.5 Å². The molecule has 2 aromatic carbocycles. The molecule has 0 spiro atoms. The van der Waals surface area contributed by atoms with E-state index in [1.165, 1.54) is 5.56 Å². The van der Waals surface area contributed by atoms with Crippen LogP contribution in [-0.4, -0.2) is 54.8 Å². The predicted octanol–water partition coefficient (Wildman–Crippen LogP) is 6.48. The number of carbonyl (C=O) groups is 1. The van der Waals surface area contributed by atoms with E-state index in [1.807, 2.05) is 36.4 Å². The second-order valence-corrected chi connectivity index (χ2v) is 10.3. The maximum Gasteiger partial charge on any atom is 0.303 e. The molecule has 38 heavy (non-hydrogen) atoms. The van der Waals surface area contributed by atoms with Crippen molar-refractivity contribution in [1.82, 2.24) is 9.88 Å². The number of carboxylic acids is 1. The van der Waals surface area contributed by atoms with Crippen molar-refractivity contribution in [3.63, 3.8) is 0 Å². The van der Waals surface area contributed by atoms with Crippen molar-refractivity contribution >= 4 is 16.9 Å². The Hall–Kier alpha value is -3.19. The first-order valence-electron chi connectivity index (χ1n) is 13.6. The lowest BCUT2D eigenvalue weighted by atomic mass is 9.79. The molecular formula is C31H39FN2O4. The number of alkyl halides is 1. The molecule has 2 heterocycles. The maximum absolute atomic E-state index is 15.6. The minimum Gasteiger partial charge on any atom is -0.497 e. The zero-order valence-corrected chi connectivity index (χ0v) is 22.4. The van der Waals surface area contributed by atoms with Crippen LogP contribution in [0.25, 0.3) is 10.9 Å². The number of ether oxygens (including phenoxy) is 2. The van der Waals surface area contributed by atoms with Gasteiger partial charge in [0, 0.05) is 24.5 Å². The Morgan fingerprint density at radius 2 is 1.97 bits per heavy atom. The summed E-state index contributed by atoms with van der Waals surface area (Å²) in [6.07, 6.45) is 5.44. The lowest BCUT2D eigenvalue weighted by Crippen LogP contribution is -2.41. The lowest BCUT2D eigenvalue weighted by Gasteiger charge is -2.39. The molecule has 1 aliphatic rings. The van der Waals surface area contributed by atoms with Crippen LogP contribution in [0.1, 0.15) is 55.8 Å². The van der Waals surface area contributed by atoms with E-state index in [4.69, 9.17) is 9.47 Å². The minimum absolute atomic E-state index is 0.157. The number of likely N-dealkylation sites (tertiary alicyclic amines) is 1. The van der Waals surface area contributed by atoms with E-state index in [9.17, 15) is 9.90 Å². The molecule has 0 amide bonds. The normalized spacial score (nSPS) is 18.8. The molecule has 1 saturated heterocycles. The zero-order valence-electron chi connectivity index (χ0n) is 22.4. The summed E-state index contributed by atoms with van der Waals surface area (Å²) in [5.74, 6) is 1.42. The number of benzene rings is 2. The van der Waals surface area contributed by atoms with Crippen molar-refractivity contribution < 1.29 is 23.8 Å². The zero-order chi connectivity index (χ0) is 26.9. The number of para-hydroxylation sites is 1. The summed E-state index contributed by atoms with van der Waals surface area (Å²) in [5.41, 5.74) is 2.61. The smallest absolute Gasteiger partial charge is 0.303 e. The monoisotopic (exact) mass is 522 g/mol. The van der Waals surface area contributed by atoms with Crippen molar-refractivity contribution in [3.05, 3.63) is 65.9 Å². The highest BCUT2D eigenvalue weighted by Crippen LogP contribution is 2.36. The maximum atomic E-state index is 15.6. The summed E-state index contributed by atoms with van der Waals surface area (Å²) in [4.78, 5) is 18.2. The van der Waals surface area contributed by atoms with Crippen LogP contribution in [0.4, 0.5) is 4.39 Å². The van der Waals surface area contributed by atoms with Crippen LogP contribution in [0.5, 0.6) is 11.5 Å². The van der Waals surface area contributed by atoms with E-state index in [0.717, 1.165) is 62.0 Å². The van der Waals surface area contributed by atoms with Gasteiger partial charge >= 0.3 is 5.97 Å². The summed E-state index contributed by atoms with van der Waals surface area (Å²) < 4.78 is 26.4. The summed E-state index contributed by atoms with van der Waals surface area (Å²) >= 11 is 0. The molecule has 204 valence electrons. The summed E-state index contributed by atoms with van der Waals surface area (Å²) in [6, 6.07) is 15.4. The number of hydrogen-bond donors (Lipinski definition) is 1. The molecule has 6 nitrogen and oxygen atoms in total. The first-order chi connectivity index (χ1) is 18.5. The average molecular weight is 523 g/mol. The Labute approximate surface area is 224 Å². The Morgan fingerprint density at radius 3 is 2.76 bits per heavy atom. The second-order valence-electron chi connectivity index (χ2n) is 10.3. The molecule has 3 aromatic rings. The Morgan fingerprint density at radius 1 is 1.13 bits per heavy atom. The molecule has 3 atom stereocenters. The van der Waals surface area contributed by atoms with Crippen molar-refractivity contribution in [1.29, 1.82) is 0 Å². The highest BCUT2D eigenvalue weighted by Gasteiger charge is 2.30. The average Bonchev–Trinajstić information content (AvgIpc) is 2.94. The number of hydrogen-bond acceptors (Lipinski definition) is 5. The Bertz CT molecular complexity index is 1200. The third kappa shape index (κ3) is 7.22. The van der Waals surface area contributed by atoms with Gasteiger partial charge < -0.3 is 19.5 Å². The van der Waals surface area contributed by atoms with E-state index in [2.05, 4.69) is 16.0 Å². The number of carboxylic acid groups (broad SMARTS) is 1. The highest BCUT2D eigenvalue weighted by atomic mass is 19.1. The van der Waals surface area contributed by atoms with Gasteiger partial charge in [-0.1, -0.05) is 18.2 Å². The van der Waals surface area contributed by atoms with Crippen LogP contribution in [0, 0.1) is 11.8 Å². The van der Waals surface area contributed by atoms with Crippen LogP contribution >= 0.6 is 0 Å². The highest BCUT2D eigenvalue weighted by molar-refractivity contribution is 5.83. The number of aryl methyl sites for hydroxylation is 1. The summed E-state index contributed by atoms with van der Waals surface area (Å²) in [6.45, 7) is 2.80. The number of fused-ring (bicyclic) bond motifs is 1. The molecule has 0 bridgehead atoms. The quantitative estimate of drug-likeness (QED) is 0.277. The van der Waals surface area contributed by atoms with Gasteiger partial charge in [-0.2, -0.15) is 0 Å². The fraction of sp³-hybridized carbons (Fsp3) is 0.484. The van der Waals surface area contributed by atoms with Gasteiger partial charge in [-0.25, -0.2) is 4.39 Å². The van der Waals surface area contributed by atoms with Crippen molar-refractivity contribution in [2.75, 3.05) is 33.9 Å². The van der Waals surface area contributed by atoms with Gasteiger partial charge in [-0.15, -0.1) is 0 Å². The van der Waals surface area contributed by atoms with Crippen molar-refractivity contribution in [2.45, 2.75) is 51.1 Å². The van der Waals surface area contributed by atoms with E-state index in [0.29, 0.717) is 30.1 Å². The number of methoxy groups -OCH3 is 2. The van der Waals surface area contributed by atoms with Crippen LogP contribution in [0.3, 0.4) is 0 Å². The molecule has 7 heteroatoms. The molecular weight excluding hydrogens is 483 g/mol. The molecule has 4 rings (SSSR count). The SMILES string of the molecule is COc1ccc2nccc([C@@H](F)CCC3CCN(CCCc4ccccc4OC)CC3CCC(=O)O)c2c1. The van der Waals surface area contributed by atoms with E-state index >= 15 is 4.39 Å². The predicted molar refractivity (Wildman–Crippen MR) is 148 cm³/mol. The number of halogens is 1. The standard InChI is InChI=1S/C31H39FN2O4/c1-37-25-11-13-29-27(20-25)26(15-17-33-29)28(32)12-9-22-16-19-34(21-24(22)10-14-31(35)36)18-5-7-23-6-3-4-8-30(23)38-2/h3-4,6,8,11,13,15,17,20,22,24,28H,5,7,9-10,12,14,16,18-19,21H2,1-2H3,(H,35,36)/t22?,24?,28-/m0/s1. The molecule has 1 fully saturated rings. The fourth-order valence-corrected chi connectivity index (χ4v) is 5.84. The summed E-state index contributed by atoms with van der Waals surface area (Å²) in [5, 5.41) is 10.1. The Balaban J connectivity index is 1.35. The first kappa shape index (κ1) is 27.8. The second kappa shape index (κ2) is 13.6. The van der Waals surface area contributed by atoms with Gasteiger partial charge in [-0.05, 0) is 105 Å². The van der Waals surface area contributed by atoms with E-state index < -0.39 is 12.1 Å². The third-order valence-corrected chi connectivity index (χ3v) is 7.93. The van der Waals surface area contributed by atoms with Crippen LogP contribution in [0.15, 0.2) is 54.7 Å². The number of pyridine rings is 1.